The lowest BCUT2D eigenvalue weighted by atomic mass is 9.84. The first-order valence-electron chi connectivity index (χ1n) is 7.20. The molecule has 1 aliphatic carbocycles. The Kier molecular flexibility index (Phi) is 9.57. The van der Waals surface area contributed by atoms with Gasteiger partial charge in [0.2, 0.25) is 11.8 Å². The van der Waals surface area contributed by atoms with Crippen LogP contribution in [-0.4, -0.2) is 64.2 Å². The van der Waals surface area contributed by atoms with Gasteiger partial charge in [-0.1, -0.05) is 12.8 Å². The van der Waals surface area contributed by atoms with Crippen molar-refractivity contribution in [2.45, 2.75) is 25.7 Å². The van der Waals surface area contributed by atoms with E-state index >= 15 is 0 Å². The highest BCUT2D eigenvalue weighted by Crippen LogP contribution is 2.38. The highest BCUT2D eigenvalue weighted by molar-refractivity contribution is 5.85. The molecule has 1 saturated carbocycles. The Morgan fingerprint density at radius 1 is 1.24 bits per heavy atom. The molecule has 0 aromatic heterocycles. The van der Waals surface area contributed by atoms with Gasteiger partial charge < -0.3 is 20.3 Å². The van der Waals surface area contributed by atoms with Crippen molar-refractivity contribution in [3.05, 3.63) is 0 Å². The fraction of sp³-hybridized carbons (Fsp3) is 0.857. The van der Waals surface area contributed by atoms with Gasteiger partial charge in [-0.15, -0.1) is 12.4 Å². The monoisotopic (exact) mass is 321 g/mol. The third-order valence-electron chi connectivity index (χ3n) is 3.81. The molecule has 0 spiro atoms. The van der Waals surface area contributed by atoms with E-state index < -0.39 is 5.41 Å². The van der Waals surface area contributed by atoms with Crippen LogP contribution >= 0.6 is 12.4 Å². The van der Waals surface area contributed by atoms with E-state index in [9.17, 15) is 9.59 Å². The maximum absolute atomic E-state index is 12.3. The van der Waals surface area contributed by atoms with E-state index in [1.54, 1.807) is 26.1 Å². The smallest absolute Gasteiger partial charge is 0.233 e. The summed E-state index contributed by atoms with van der Waals surface area (Å²) in [5.41, 5.74) is -0.397. The molecule has 0 radical (unpaired) electrons. The van der Waals surface area contributed by atoms with Crippen molar-refractivity contribution in [3.63, 3.8) is 0 Å². The minimum Gasteiger partial charge on any atom is -0.383 e. The minimum absolute atomic E-state index is 0. The molecule has 0 atom stereocenters. The van der Waals surface area contributed by atoms with Crippen LogP contribution in [0.4, 0.5) is 0 Å². The Bertz CT molecular complexity index is 331. The summed E-state index contributed by atoms with van der Waals surface area (Å²) in [7, 11) is 5.17. The number of carbonyl (C=O) groups is 2. The summed E-state index contributed by atoms with van der Waals surface area (Å²) in [4.78, 5) is 25.7. The third-order valence-corrected chi connectivity index (χ3v) is 3.81. The molecule has 0 aromatic rings. The van der Waals surface area contributed by atoms with Gasteiger partial charge in [0.05, 0.1) is 18.6 Å². The third kappa shape index (κ3) is 6.20. The second kappa shape index (κ2) is 9.97. The molecule has 0 heterocycles. The standard InChI is InChI=1S/C14H27N3O3.ClH/c1-17(2)13(19)14(6-4-5-7-14)11-16-12(18)10-15-8-9-20-3;/h15H,4-11H2,1-3H3,(H,16,18);1H. The number of nitrogens with one attached hydrogen (secondary N) is 2. The molecule has 0 saturated heterocycles. The van der Waals surface area contributed by atoms with Crippen molar-refractivity contribution in [1.82, 2.24) is 15.5 Å². The molecule has 1 aliphatic rings. The maximum atomic E-state index is 12.3. The lowest BCUT2D eigenvalue weighted by Crippen LogP contribution is -2.48. The summed E-state index contributed by atoms with van der Waals surface area (Å²) >= 11 is 0. The van der Waals surface area contributed by atoms with E-state index in [2.05, 4.69) is 10.6 Å². The molecule has 21 heavy (non-hydrogen) atoms. The van der Waals surface area contributed by atoms with Gasteiger partial charge in [0.15, 0.2) is 0 Å². The zero-order valence-electron chi connectivity index (χ0n) is 13.2. The van der Waals surface area contributed by atoms with Gasteiger partial charge >= 0.3 is 0 Å². The summed E-state index contributed by atoms with van der Waals surface area (Å²) in [6.07, 6.45) is 3.84. The summed E-state index contributed by atoms with van der Waals surface area (Å²) in [6.45, 7) is 1.92. The normalized spacial score (nSPS) is 16.1. The zero-order chi connectivity index (χ0) is 15.0. The number of methoxy groups -OCH3 is 1. The molecule has 124 valence electrons. The number of rotatable bonds is 8. The van der Waals surface area contributed by atoms with Gasteiger partial charge in [0.25, 0.3) is 0 Å². The minimum atomic E-state index is -0.397. The maximum Gasteiger partial charge on any atom is 0.233 e. The van der Waals surface area contributed by atoms with Gasteiger partial charge in [-0.3, -0.25) is 9.59 Å². The molecule has 1 rings (SSSR count). The molecule has 2 amide bonds. The van der Waals surface area contributed by atoms with E-state index in [-0.39, 0.29) is 30.8 Å². The Labute approximate surface area is 133 Å². The molecule has 1 fully saturated rings. The van der Waals surface area contributed by atoms with E-state index in [0.717, 1.165) is 25.7 Å². The number of carbonyl (C=O) groups excluding carboxylic acids is 2. The number of hydrogen-bond acceptors (Lipinski definition) is 4. The number of halogens is 1. The van der Waals surface area contributed by atoms with Gasteiger partial charge in [-0.2, -0.15) is 0 Å². The Hall–Kier alpha value is -0.850. The lowest BCUT2D eigenvalue weighted by Gasteiger charge is -2.30. The topological polar surface area (TPSA) is 70.7 Å². The highest BCUT2D eigenvalue weighted by Gasteiger charge is 2.42. The van der Waals surface area contributed by atoms with Crippen molar-refractivity contribution in [2.24, 2.45) is 5.41 Å². The Morgan fingerprint density at radius 2 is 1.86 bits per heavy atom. The van der Waals surface area contributed by atoms with Crippen LogP contribution in [0.5, 0.6) is 0 Å². The van der Waals surface area contributed by atoms with Crippen LogP contribution in [0.15, 0.2) is 0 Å². The summed E-state index contributed by atoms with van der Waals surface area (Å²) in [5, 5.41) is 5.88. The second-order valence-corrected chi connectivity index (χ2v) is 5.63. The predicted octanol–water partition coefficient (Wildman–Crippen LogP) is 0.409. The van der Waals surface area contributed by atoms with E-state index in [1.807, 2.05) is 0 Å². The Balaban J connectivity index is 0.00000400. The van der Waals surface area contributed by atoms with Crippen molar-refractivity contribution in [3.8, 4) is 0 Å². The van der Waals surface area contributed by atoms with Crippen molar-refractivity contribution >= 4 is 24.2 Å². The predicted molar refractivity (Wildman–Crippen MR) is 84.6 cm³/mol. The number of ether oxygens (including phenoxy) is 1. The molecule has 7 heteroatoms. The molecule has 2 N–H and O–H groups in total. The molecule has 6 nitrogen and oxygen atoms in total. The lowest BCUT2D eigenvalue weighted by molar-refractivity contribution is -0.139. The van der Waals surface area contributed by atoms with E-state index in [4.69, 9.17) is 4.74 Å². The van der Waals surface area contributed by atoms with Crippen LogP contribution in [0.1, 0.15) is 25.7 Å². The summed E-state index contributed by atoms with van der Waals surface area (Å²) in [6, 6.07) is 0. The van der Waals surface area contributed by atoms with Crippen LogP contribution in [-0.2, 0) is 14.3 Å². The SMILES string of the molecule is COCCNCC(=O)NCC1(C(=O)N(C)C)CCCC1.Cl. The van der Waals surface area contributed by atoms with E-state index in [1.165, 1.54) is 0 Å². The van der Waals surface area contributed by atoms with Gasteiger partial charge in [-0.05, 0) is 12.8 Å². The fourth-order valence-corrected chi connectivity index (χ4v) is 2.70. The van der Waals surface area contributed by atoms with Crippen LogP contribution in [0.2, 0.25) is 0 Å². The quantitative estimate of drug-likeness (QED) is 0.635. The van der Waals surface area contributed by atoms with Crippen LogP contribution in [0, 0.1) is 5.41 Å². The molecule has 0 aromatic carbocycles. The second-order valence-electron chi connectivity index (χ2n) is 5.63. The van der Waals surface area contributed by atoms with Gasteiger partial charge in [0, 0.05) is 34.3 Å². The van der Waals surface area contributed by atoms with Crippen molar-refractivity contribution in [2.75, 3.05) is 47.4 Å². The average Bonchev–Trinajstić information content (AvgIpc) is 2.90. The van der Waals surface area contributed by atoms with Gasteiger partial charge in [-0.25, -0.2) is 0 Å². The number of nitrogens with zero attached hydrogens (tertiary/aromatic N) is 1. The van der Waals surface area contributed by atoms with Crippen molar-refractivity contribution < 1.29 is 14.3 Å². The first-order valence-corrected chi connectivity index (χ1v) is 7.20. The average molecular weight is 322 g/mol. The van der Waals surface area contributed by atoms with Crippen LogP contribution in [0.25, 0.3) is 0 Å². The van der Waals surface area contributed by atoms with Crippen LogP contribution in [0.3, 0.4) is 0 Å². The largest absolute Gasteiger partial charge is 0.383 e. The molecule has 0 unspecified atom stereocenters. The molecular weight excluding hydrogens is 294 g/mol. The summed E-state index contributed by atoms with van der Waals surface area (Å²) < 4.78 is 4.89. The van der Waals surface area contributed by atoms with Gasteiger partial charge in [0.1, 0.15) is 0 Å². The highest BCUT2D eigenvalue weighted by atomic mass is 35.5. The summed E-state index contributed by atoms with van der Waals surface area (Å²) in [5.74, 6) is 0.0570. The van der Waals surface area contributed by atoms with E-state index in [0.29, 0.717) is 19.7 Å². The molecule has 0 bridgehead atoms. The zero-order valence-corrected chi connectivity index (χ0v) is 14.1. The number of amides is 2. The van der Waals surface area contributed by atoms with Crippen molar-refractivity contribution in [1.29, 1.82) is 0 Å². The first kappa shape index (κ1) is 20.1. The number of hydrogen-bond donors (Lipinski definition) is 2. The first-order chi connectivity index (χ1) is 9.52. The molecular formula is C14H28ClN3O3. The Morgan fingerprint density at radius 3 is 2.38 bits per heavy atom. The van der Waals surface area contributed by atoms with Crippen LogP contribution < -0.4 is 10.6 Å². The fourth-order valence-electron chi connectivity index (χ4n) is 2.70. The molecule has 0 aliphatic heterocycles.